The highest BCUT2D eigenvalue weighted by atomic mass is 16.1. The molecule has 0 bridgehead atoms. The third kappa shape index (κ3) is 2.91. The minimum atomic E-state index is -0.174. The Morgan fingerprint density at radius 2 is 0.821 bits per heavy atom. The third-order valence-corrected chi connectivity index (χ3v) is 4.82. The van der Waals surface area contributed by atoms with Crippen molar-refractivity contribution in [1.29, 1.82) is 0 Å². The highest BCUT2D eigenvalue weighted by molar-refractivity contribution is 6.23. The lowest BCUT2D eigenvalue weighted by molar-refractivity contribution is 0.103. The van der Waals surface area contributed by atoms with Crippen LogP contribution in [-0.4, -0.2) is 11.6 Å². The zero-order valence-corrected chi connectivity index (χ0v) is 15.1. The van der Waals surface area contributed by atoms with Gasteiger partial charge in [-0.05, 0) is 35.0 Å². The molecule has 0 unspecified atom stereocenters. The number of hydrogen-bond acceptors (Lipinski definition) is 4. The van der Waals surface area contributed by atoms with Gasteiger partial charge in [0, 0.05) is 33.6 Å². The molecule has 4 aromatic carbocycles. The Hall–Kier alpha value is -3.92. The molecule has 4 N–H and O–H groups in total. The lowest BCUT2D eigenvalue weighted by atomic mass is 9.91. The van der Waals surface area contributed by atoms with Gasteiger partial charge < -0.3 is 11.5 Å². The molecule has 0 saturated heterocycles. The van der Waals surface area contributed by atoms with Gasteiger partial charge in [-0.15, -0.1) is 0 Å². The fourth-order valence-corrected chi connectivity index (χ4v) is 3.40. The molecule has 0 fully saturated rings. The summed E-state index contributed by atoms with van der Waals surface area (Å²) in [6, 6.07) is 24.7. The van der Waals surface area contributed by atoms with Crippen molar-refractivity contribution in [3.63, 3.8) is 0 Å². The zero-order valence-electron chi connectivity index (χ0n) is 15.1. The van der Waals surface area contributed by atoms with Gasteiger partial charge in [0.15, 0.2) is 11.6 Å². The average Bonchev–Trinajstić information content (AvgIpc) is 2.72. The average molecular weight is 366 g/mol. The molecule has 0 spiro atoms. The van der Waals surface area contributed by atoms with E-state index < -0.39 is 0 Å². The molecule has 4 heteroatoms. The predicted octanol–water partition coefficient (Wildman–Crippen LogP) is 4.47. The molecule has 0 heterocycles. The van der Waals surface area contributed by atoms with Crippen LogP contribution in [-0.2, 0) is 0 Å². The monoisotopic (exact) mass is 366 g/mol. The summed E-state index contributed by atoms with van der Waals surface area (Å²) < 4.78 is 0. The van der Waals surface area contributed by atoms with Gasteiger partial charge in [0.05, 0.1) is 0 Å². The van der Waals surface area contributed by atoms with E-state index >= 15 is 0 Å². The van der Waals surface area contributed by atoms with Crippen LogP contribution < -0.4 is 11.5 Å². The van der Waals surface area contributed by atoms with Crippen LogP contribution in [0.1, 0.15) is 31.8 Å². The first-order valence-corrected chi connectivity index (χ1v) is 8.88. The molecule has 0 aliphatic rings. The summed E-state index contributed by atoms with van der Waals surface area (Å²) in [5, 5.41) is 1.41. The Labute approximate surface area is 162 Å². The Morgan fingerprint density at radius 3 is 1.21 bits per heavy atom. The summed E-state index contributed by atoms with van der Waals surface area (Å²) in [5.74, 6) is -0.347. The summed E-state index contributed by atoms with van der Waals surface area (Å²) in [6.07, 6.45) is 0. The minimum Gasteiger partial charge on any atom is -0.398 e. The van der Waals surface area contributed by atoms with E-state index in [0.717, 1.165) is 0 Å². The molecule has 0 aromatic heterocycles. The second kappa shape index (κ2) is 7.00. The molecule has 0 atom stereocenters. The second-order valence-electron chi connectivity index (χ2n) is 6.54. The van der Waals surface area contributed by atoms with Gasteiger partial charge in [-0.1, -0.05) is 60.7 Å². The van der Waals surface area contributed by atoms with Gasteiger partial charge in [-0.25, -0.2) is 0 Å². The smallest absolute Gasteiger partial charge is 0.195 e. The van der Waals surface area contributed by atoms with E-state index in [1.165, 1.54) is 0 Å². The molecule has 0 aliphatic carbocycles. The second-order valence-corrected chi connectivity index (χ2v) is 6.54. The number of carbonyl (C=O) groups excluding carboxylic acids is 2. The maximum atomic E-state index is 13.1. The first-order chi connectivity index (χ1) is 13.6. The molecular formula is C24H18N2O2. The van der Waals surface area contributed by atoms with E-state index in [9.17, 15) is 9.59 Å². The first-order valence-electron chi connectivity index (χ1n) is 8.88. The Kier molecular flexibility index (Phi) is 4.38. The maximum absolute atomic E-state index is 13.1. The van der Waals surface area contributed by atoms with Crippen molar-refractivity contribution in [3.8, 4) is 0 Å². The summed E-state index contributed by atoms with van der Waals surface area (Å²) in [5.41, 5.74) is 14.7. The van der Waals surface area contributed by atoms with Crippen molar-refractivity contribution in [2.75, 3.05) is 11.5 Å². The van der Waals surface area contributed by atoms with Gasteiger partial charge in [0.25, 0.3) is 0 Å². The van der Waals surface area contributed by atoms with E-state index in [-0.39, 0.29) is 11.6 Å². The largest absolute Gasteiger partial charge is 0.398 e. The van der Waals surface area contributed by atoms with Gasteiger partial charge in [-0.3, -0.25) is 9.59 Å². The van der Waals surface area contributed by atoms with E-state index in [0.29, 0.717) is 44.4 Å². The van der Waals surface area contributed by atoms with Crippen LogP contribution in [0.15, 0.2) is 84.9 Å². The number of hydrogen-bond donors (Lipinski definition) is 2. The molecular weight excluding hydrogens is 348 g/mol. The molecule has 0 radical (unpaired) electrons. The Balaban J connectivity index is 1.88. The number of para-hydroxylation sites is 2. The van der Waals surface area contributed by atoms with Gasteiger partial charge in [0.1, 0.15) is 0 Å². The number of nitrogen functional groups attached to an aromatic ring is 2. The number of ketones is 2. The fraction of sp³-hybridized carbons (Fsp3) is 0. The van der Waals surface area contributed by atoms with E-state index in [4.69, 9.17) is 11.5 Å². The fourth-order valence-electron chi connectivity index (χ4n) is 3.40. The lowest BCUT2D eigenvalue weighted by Crippen LogP contribution is -2.08. The van der Waals surface area contributed by atoms with Gasteiger partial charge in [0.2, 0.25) is 0 Å². The van der Waals surface area contributed by atoms with Crippen LogP contribution in [0.5, 0.6) is 0 Å². The molecule has 0 amide bonds. The van der Waals surface area contributed by atoms with Crippen LogP contribution >= 0.6 is 0 Å². The standard InChI is InChI=1S/C24H18N2O2/c25-21-13-3-1-7-19(21)23(27)17-11-5-10-16-15(17)9-6-12-18(16)24(28)20-8-2-4-14-22(20)26/h1-14H,25-26H2. The highest BCUT2D eigenvalue weighted by Gasteiger charge is 2.19. The maximum Gasteiger partial charge on any atom is 0.195 e. The van der Waals surface area contributed by atoms with E-state index in [1.54, 1.807) is 72.8 Å². The normalized spacial score (nSPS) is 10.7. The van der Waals surface area contributed by atoms with Gasteiger partial charge in [-0.2, -0.15) is 0 Å². The number of rotatable bonds is 4. The zero-order chi connectivity index (χ0) is 19.7. The van der Waals surface area contributed by atoms with Crippen molar-refractivity contribution in [2.24, 2.45) is 0 Å². The van der Waals surface area contributed by atoms with Crippen LogP contribution in [0, 0.1) is 0 Å². The highest BCUT2D eigenvalue weighted by Crippen LogP contribution is 2.28. The van der Waals surface area contributed by atoms with Crippen molar-refractivity contribution in [2.45, 2.75) is 0 Å². The van der Waals surface area contributed by atoms with Gasteiger partial charge >= 0.3 is 0 Å². The number of benzene rings is 4. The predicted molar refractivity (Wildman–Crippen MR) is 113 cm³/mol. The summed E-state index contributed by atoms with van der Waals surface area (Å²) in [7, 11) is 0. The third-order valence-electron chi connectivity index (χ3n) is 4.82. The molecule has 136 valence electrons. The Morgan fingerprint density at radius 1 is 0.464 bits per heavy atom. The molecule has 0 saturated carbocycles. The lowest BCUT2D eigenvalue weighted by Gasteiger charge is -2.11. The summed E-state index contributed by atoms with van der Waals surface area (Å²) in [4.78, 5) is 26.2. The number of nitrogens with two attached hydrogens (primary N) is 2. The Bertz CT molecular complexity index is 1130. The van der Waals surface area contributed by atoms with Crippen molar-refractivity contribution in [1.82, 2.24) is 0 Å². The number of carbonyl (C=O) groups is 2. The van der Waals surface area contributed by atoms with Crippen molar-refractivity contribution < 1.29 is 9.59 Å². The summed E-state index contributed by atoms with van der Waals surface area (Å²) in [6.45, 7) is 0. The van der Waals surface area contributed by atoms with Crippen molar-refractivity contribution in [3.05, 3.63) is 107 Å². The van der Waals surface area contributed by atoms with Crippen LogP contribution in [0.25, 0.3) is 10.8 Å². The van der Waals surface area contributed by atoms with E-state index in [1.807, 2.05) is 12.1 Å². The first kappa shape index (κ1) is 17.5. The molecule has 4 nitrogen and oxygen atoms in total. The minimum absolute atomic E-state index is 0.174. The molecule has 0 aliphatic heterocycles. The van der Waals surface area contributed by atoms with Crippen molar-refractivity contribution >= 4 is 33.7 Å². The molecule has 4 aromatic rings. The SMILES string of the molecule is Nc1ccccc1C(=O)c1cccc2c(C(=O)c3ccccc3N)cccc12. The molecule has 28 heavy (non-hydrogen) atoms. The van der Waals surface area contributed by atoms with Crippen LogP contribution in [0.4, 0.5) is 11.4 Å². The number of anilines is 2. The van der Waals surface area contributed by atoms with E-state index in [2.05, 4.69) is 0 Å². The molecule has 4 rings (SSSR count). The van der Waals surface area contributed by atoms with Crippen LogP contribution in [0.3, 0.4) is 0 Å². The summed E-state index contributed by atoms with van der Waals surface area (Å²) >= 11 is 0. The quantitative estimate of drug-likeness (QED) is 0.412. The van der Waals surface area contributed by atoms with Crippen LogP contribution in [0.2, 0.25) is 0 Å². The number of fused-ring (bicyclic) bond motifs is 1. The topological polar surface area (TPSA) is 86.2 Å².